The van der Waals surface area contributed by atoms with Crippen molar-refractivity contribution < 1.29 is 39.8 Å². The second kappa shape index (κ2) is 62.1. The second-order valence-electron chi connectivity index (χ2n) is 22.9. The molecule has 0 aromatic rings. The Kier molecular flexibility index (Phi) is 57.8. The molecule has 7 unspecified atom stereocenters. The van der Waals surface area contributed by atoms with Crippen LogP contribution in [0.3, 0.4) is 0 Å². The SMILES string of the molecule is CC/C=C\C/C=C\C/C=C\C/C=C\C/C=C\C/C=C\C/C=C\C/C=C\C/C=C\C/C=C\CCCCCCCCCCC(=O)NC(COC1OC(CO)C(O)C(O)C1O)C(O)/C=C/CC/C=C/CCCCCCCCCCCCCCCCCC. The van der Waals surface area contributed by atoms with E-state index in [1.165, 1.54) is 128 Å². The second-order valence-corrected chi connectivity index (χ2v) is 22.9. The average Bonchev–Trinajstić information content (AvgIpc) is 3.70. The van der Waals surface area contributed by atoms with Crippen LogP contribution in [0.25, 0.3) is 0 Å². The van der Waals surface area contributed by atoms with E-state index >= 15 is 0 Å². The third kappa shape index (κ3) is 50.2. The molecule has 0 saturated carbocycles. The van der Waals surface area contributed by atoms with Gasteiger partial charge in [-0.15, -0.1) is 0 Å². The molecule has 1 saturated heterocycles. The van der Waals surface area contributed by atoms with Gasteiger partial charge in [0.05, 0.1) is 25.4 Å². The van der Waals surface area contributed by atoms with Crippen molar-refractivity contribution in [1.29, 1.82) is 0 Å². The van der Waals surface area contributed by atoms with Crippen LogP contribution in [0.5, 0.6) is 0 Å². The topological polar surface area (TPSA) is 149 Å². The van der Waals surface area contributed by atoms with Crippen molar-refractivity contribution in [3.8, 4) is 0 Å². The van der Waals surface area contributed by atoms with Crippen LogP contribution in [0, 0.1) is 0 Å². The highest BCUT2D eigenvalue weighted by Gasteiger charge is 2.44. The highest BCUT2D eigenvalue weighted by Crippen LogP contribution is 2.23. The van der Waals surface area contributed by atoms with Crippen LogP contribution in [-0.2, 0) is 14.3 Å². The molecule has 0 radical (unpaired) electrons. The van der Waals surface area contributed by atoms with Crippen LogP contribution in [0.15, 0.2) is 146 Å². The highest BCUT2D eigenvalue weighted by atomic mass is 16.7. The lowest BCUT2D eigenvalue weighted by molar-refractivity contribution is -0.302. The monoisotopic (exact) mass is 1170 g/mol. The van der Waals surface area contributed by atoms with Crippen LogP contribution >= 0.6 is 0 Å². The molecule has 1 heterocycles. The summed E-state index contributed by atoms with van der Waals surface area (Å²) in [7, 11) is 0. The first-order valence-electron chi connectivity index (χ1n) is 34.1. The summed E-state index contributed by atoms with van der Waals surface area (Å²) in [4.78, 5) is 13.1. The number of rotatable bonds is 57. The van der Waals surface area contributed by atoms with Gasteiger partial charge in [0.15, 0.2) is 6.29 Å². The minimum atomic E-state index is -1.58. The Bertz CT molecular complexity index is 1830. The quantitative estimate of drug-likeness (QED) is 0.0261. The maximum atomic E-state index is 13.1. The van der Waals surface area contributed by atoms with Crippen molar-refractivity contribution in [2.75, 3.05) is 13.2 Å². The van der Waals surface area contributed by atoms with Gasteiger partial charge < -0.3 is 40.3 Å². The Morgan fingerprint density at radius 1 is 0.417 bits per heavy atom. The van der Waals surface area contributed by atoms with Crippen LogP contribution in [0.2, 0.25) is 0 Å². The molecule has 0 aromatic heterocycles. The van der Waals surface area contributed by atoms with Gasteiger partial charge in [-0.25, -0.2) is 0 Å². The lowest BCUT2D eigenvalue weighted by Crippen LogP contribution is -2.60. The van der Waals surface area contributed by atoms with Gasteiger partial charge in [0.25, 0.3) is 0 Å². The standard InChI is InChI=1S/C75H125NO8/c1-3-5-7-9-11-13-15-17-19-21-23-25-27-28-29-30-31-32-33-34-35-36-37-38-39-40-41-42-43-45-47-49-51-53-55-57-59-61-63-65-71(79)76-68(67-83-75-74(82)73(81)72(80)70(66-77)84-75)69(78)64-62-60-58-56-54-52-50-48-46-44-26-24-22-20-18-16-14-12-10-8-6-4-2/h5,7,11,13,17,19,23,25,28-29,31-32,34-35,37-38,40-41,43,45,54,56,62,64,68-70,72-75,77-78,80-82H,3-4,6,8-10,12,14-16,18,20-22,24,26-27,30,33,36,39,42,44,46-53,55,57-61,63,65-67H2,1-2H3,(H,76,79)/b7-5-,13-11-,19-17-,25-23-,29-28-,32-31-,35-34-,38-37-,41-40-,45-43-,56-54+,64-62+. The lowest BCUT2D eigenvalue weighted by atomic mass is 9.99. The summed E-state index contributed by atoms with van der Waals surface area (Å²) in [6.45, 7) is 3.65. The van der Waals surface area contributed by atoms with E-state index in [2.05, 4.69) is 153 Å². The fourth-order valence-electron chi connectivity index (χ4n) is 9.85. The fraction of sp³-hybridized carbons (Fsp3) is 0.667. The Morgan fingerprint density at radius 3 is 1.14 bits per heavy atom. The molecule has 7 atom stereocenters. The predicted molar refractivity (Wildman–Crippen MR) is 359 cm³/mol. The van der Waals surface area contributed by atoms with Crippen molar-refractivity contribution in [2.45, 2.75) is 307 Å². The van der Waals surface area contributed by atoms with E-state index in [9.17, 15) is 30.3 Å². The molecule has 1 amide bonds. The first kappa shape index (κ1) is 78.1. The number of ether oxygens (including phenoxy) is 2. The van der Waals surface area contributed by atoms with Gasteiger partial charge in [0, 0.05) is 6.42 Å². The molecule has 0 bridgehead atoms. The van der Waals surface area contributed by atoms with E-state index in [4.69, 9.17) is 9.47 Å². The van der Waals surface area contributed by atoms with Gasteiger partial charge in [-0.05, 0) is 109 Å². The average molecular weight is 1170 g/mol. The van der Waals surface area contributed by atoms with E-state index < -0.39 is 49.5 Å². The molecule has 478 valence electrons. The summed E-state index contributed by atoms with van der Waals surface area (Å²) in [6, 6.07) is -0.838. The van der Waals surface area contributed by atoms with E-state index in [0.29, 0.717) is 6.42 Å². The molecule has 0 spiro atoms. The largest absolute Gasteiger partial charge is 0.394 e. The Labute approximate surface area is 514 Å². The first-order chi connectivity index (χ1) is 41.3. The van der Waals surface area contributed by atoms with E-state index in [0.717, 1.165) is 116 Å². The molecule has 9 heteroatoms. The van der Waals surface area contributed by atoms with Gasteiger partial charge >= 0.3 is 0 Å². The normalized spacial score (nSPS) is 19.2. The third-order valence-corrected chi connectivity index (χ3v) is 15.1. The van der Waals surface area contributed by atoms with Crippen LogP contribution in [0.4, 0.5) is 0 Å². The van der Waals surface area contributed by atoms with E-state index in [-0.39, 0.29) is 12.5 Å². The highest BCUT2D eigenvalue weighted by molar-refractivity contribution is 5.76. The van der Waals surface area contributed by atoms with Crippen molar-refractivity contribution in [2.24, 2.45) is 0 Å². The van der Waals surface area contributed by atoms with Crippen molar-refractivity contribution >= 4 is 5.91 Å². The van der Waals surface area contributed by atoms with Gasteiger partial charge in [0.2, 0.25) is 5.91 Å². The molecule has 84 heavy (non-hydrogen) atoms. The Morgan fingerprint density at radius 2 is 0.750 bits per heavy atom. The summed E-state index contributed by atoms with van der Waals surface area (Å²) in [6.07, 6.45) is 89.3. The number of hydrogen-bond acceptors (Lipinski definition) is 8. The van der Waals surface area contributed by atoms with Crippen LogP contribution < -0.4 is 5.32 Å². The number of aliphatic hydroxyl groups excluding tert-OH is 5. The molecule has 1 fully saturated rings. The molecular weight excluding hydrogens is 1040 g/mol. The van der Waals surface area contributed by atoms with E-state index in [1.807, 2.05) is 6.08 Å². The zero-order chi connectivity index (χ0) is 60.7. The molecule has 6 N–H and O–H groups in total. The summed E-state index contributed by atoms with van der Waals surface area (Å²) >= 11 is 0. The van der Waals surface area contributed by atoms with Crippen LogP contribution in [-0.4, -0.2) is 87.5 Å². The van der Waals surface area contributed by atoms with E-state index in [1.54, 1.807) is 6.08 Å². The summed E-state index contributed by atoms with van der Waals surface area (Å²) < 4.78 is 11.3. The number of carbonyl (C=O) groups is 1. The van der Waals surface area contributed by atoms with Gasteiger partial charge in [-0.3, -0.25) is 4.79 Å². The molecule has 1 aliphatic rings. The number of allylic oxidation sites excluding steroid dienone is 23. The van der Waals surface area contributed by atoms with Crippen molar-refractivity contribution in [1.82, 2.24) is 5.32 Å². The van der Waals surface area contributed by atoms with Crippen molar-refractivity contribution in [3.05, 3.63) is 146 Å². The molecule has 1 aliphatic heterocycles. The predicted octanol–water partition coefficient (Wildman–Crippen LogP) is 18.6. The first-order valence-corrected chi connectivity index (χ1v) is 34.1. The minimum Gasteiger partial charge on any atom is -0.394 e. The number of hydrogen-bond donors (Lipinski definition) is 6. The Hall–Kier alpha value is -3.93. The summed E-state index contributed by atoms with van der Waals surface area (Å²) in [5.41, 5.74) is 0. The molecule has 0 aromatic carbocycles. The maximum absolute atomic E-state index is 13.1. The van der Waals surface area contributed by atoms with Gasteiger partial charge in [0.1, 0.15) is 24.4 Å². The zero-order valence-corrected chi connectivity index (χ0v) is 53.4. The summed E-state index contributed by atoms with van der Waals surface area (Å²) in [5, 5.41) is 54.7. The third-order valence-electron chi connectivity index (χ3n) is 15.1. The molecular formula is C75H125NO8. The number of carbonyl (C=O) groups excluding carboxylic acids is 1. The minimum absolute atomic E-state index is 0.199. The zero-order valence-electron chi connectivity index (χ0n) is 53.4. The number of nitrogens with one attached hydrogen (secondary N) is 1. The number of unbranched alkanes of at least 4 members (excludes halogenated alkanes) is 25. The summed E-state index contributed by atoms with van der Waals surface area (Å²) in [5.74, 6) is -0.199. The number of aliphatic hydroxyl groups is 5. The van der Waals surface area contributed by atoms with Crippen molar-refractivity contribution in [3.63, 3.8) is 0 Å². The van der Waals surface area contributed by atoms with Crippen LogP contribution in [0.1, 0.15) is 264 Å². The molecule has 9 nitrogen and oxygen atoms in total. The maximum Gasteiger partial charge on any atom is 0.220 e. The van der Waals surface area contributed by atoms with Gasteiger partial charge in [-0.2, -0.15) is 0 Å². The Balaban J connectivity index is 2.19. The molecule has 1 rings (SSSR count). The number of amides is 1. The fourth-order valence-corrected chi connectivity index (χ4v) is 9.85. The lowest BCUT2D eigenvalue weighted by Gasteiger charge is -2.40. The van der Waals surface area contributed by atoms with Gasteiger partial charge in [-0.1, -0.05) is 295 Å². The molecule has 0 aliphatic carbocycles. The smallest absolute Gasteiger partial charge is 0.220 e.